The molecule has 0 aliphatic heterocycles. The molecule has 0 bridgehead atoms. The van der Waals surface area contributed by atoms with Gasteiger partial charge in [-0.1, -0.05) is 0 Å². The van der Waals surface area contributed by atoms with Gasteiger partial charge in [0.2, 0.25) is 0 Å². The summed E-state index contributed by atoms with van der Waals surface area (Å²) >= 11 is 0. The average Bonchev–Trinajstić information content (AvgIpc) is 2.68. The number of hydrogen-bond donors (Lipinski definition) is 2. The summed E-state index contributed by atoms with van der Waals surface area (Å²) in [5.41, 5.74) is 5.69. The molecule has 5 heteroatoms. The second-order valence-corrected chi connectivity index (χ2v) is 3.60. The minimum atomic E-state index is 0.00713. The highest BCUT2D eigenvalue weighted by Crippen LogP contribution is 2.21. The molecule has 3 N–H and O–H groups in total. The Hall–Kier alpha value is -2.04. The van der Waals surface area contributed by atoms with Gasteiger partial charge in [0.15, 0.2) is 11.6 Å². The van der Waals surface area contributed by atoms with Crippen LogP contribution in [-0.4, -0.2) is 9.97 Å². The van der Waals surface area contributed by atoms with Gasteiger partial charge in [0.1, 0.15) is 11.5 Å². The van der Waals surface area contributed by atoms with Crippen molar-refractivity contribution in [3.8, 4) is 0 Å². The van der Waals surface area contributed by atoms with Crippen LogP contribution in [0.4, 0.5) is 11.6 Å². The molecule has 5 nitrogen and oxygen atoms in total. The summed E-state index contributed by atoms with van der Waals surface area (Å²) in [6.45, 7) is 3.89. The first kappa shape index (κ1) is 10.5. The quantitative estimate of drug-likeness (QED) is 0.825. The van der Waals surface area contributed by atoms with E-state index in [0.717, 1.165) is 11.5 Å². The second kappa shape index (κ2) is 4.22. The van der Waals surface area contributed by atoms with Gasteiger partial charge < -0.3 is 15.5 Å². The smallest absolute Gasteiger partial charge is 0.169 e. The van der Waals surface area contributed by atoms with E-state index in [1.54, 1.807) is 12.4 Å². The Morgan fingerprint density at radius 3 is 2.69 bits per heavy atom. The first-order chi connectivity index (χ1) is 7.66. The van der Waals surface area contributed by atoms with Gasteiger partial charge in [0, 0.05) is 12.4 Å². The highest BCUT2D eigenvalue weighted by atomic mass is 16.3. The number of aryl methyl sites for hydroxylation is 1. The number of nitrogens with one attached hydrogen (secondary N) is 1. The Morgan fingerprint density at radius 1 is 1.31 bits per heavy atom. The average molecular weight is 218 g/mol. The minimum absolute atomic E-state index is 0.00713. The maximum absolute atomic E-state index is 5.69. The molecule has 0 aromatic carbocycles. The number of nitrogen functional groups attached to an aromatic ring is 1. The van der Waals surface area contributed by atoms with Crippen LogP contribution < -0.4 is 11.1 Å². The van der Waals surface area contributed by atoms with Gasteiger partial charge in [-0.2, -0.15) is 0 Å². The van der Waals surface area contributed by atoms with Crippen LogP contribution in [0.3, 0.4) is 0 Å². The number of rotatable bonds is 3. The standard InChI is InChI=1S/C11H14N4O/c1-7-3-4-9(16-7)8(2)15-11-10(12)13-5-6-14-11/h3-6,8H,1-2H3,(H2,12,13)(H,14,15). The predicted molar refractivity (Wildman–Crippen MR) is 61.9 cm³/mol. The normalized spacial score (nSPS) is 12.4. The van der Waals surface area contributed by atoms with Crippen LogP contribution in [0.15, 0.2) is 28.9 Å². The second-order valence-electron chi connectivity index (χ2n) is 3.60. The number of aromatic nitrogens is 2. The number of furan rings is 1. The molecule has 1 atom stereocenters. The molecule has 2 rings (SSSR count). The lowest BCUT2D eigenvalue weighted by Gasteiger charge is -2.12. The van der Waals surface area contributed by atoms with Crippen LogP contribution in [0.25, 0.3) is 0 Å². The molecule has 2 heterocycles. The third-order valence-corrected chi connectivity index (χ3v) is 2.27. The lowest BCUT2D eigenvalue weighted by molar-refractivity contribution is 0.466. The molecule has 0 radical (unpaired) electrons. The van der Waals surface area contributed by atoms with Crippen molar-refractivity contribution in [2.24, 2.45) is 0 Å². The van der Waals surface area contributed by atoms with Crippen molar-refractivity contribution in [2.45, 2.75) is 19.9 Å². The number of nitrogens with two attached hydrogens (primary N) is 1. The molecule has 2 aromatic rings. The molecule has 0 saturated carbocycles. The molecule has 0 aliphatic carbocycles. The van der Waals surface area contributed by atoms with E-state index in [2.05, 4.69) is 15.3 Å². The number of nitrogens with zero attached hydrogens (tertiary/aromatic N) is 2. The van der Waals surface area contributed by atoms with Gasteiger partial charge >= 0.3 is 0 Å². The first-order valence-corrected chi connectivity index (χ1v) is 5.06. The van der Waals surface area contributed by atoms with Crippen molar-refractivity contribution >= 4 is 11.6 Å². The van der Waals surface area contributed by atoms with Gasteiger partial charge in [0.05, 0.1) is 6.04 Å². The van der Waals surface area contributed by atoms with Crippen molar-refractivity contribution < 1.29 is 4.42 Å². The summed E-state index contributed by atoms with van der Waals surface area (Å²) in [6, 6.07) is 3.86. The van der Waals surface area contributed by atoms with Crippen LogP contribution in [0.5, 0.6) is 0 Å². The number of anilines is 2. The zero-order valence-electron chi connectivity index (χ0n) is 9.27. The van der Waals surface area contributed by atoms with Crippen molar-refractivity contribution in [3.63, 3.8) is 0 Å². The van der Waals surface area contributed by atoms with Gasteiger partial charge in [0.25, 0.3) is 0 Å². The SMILES string of the molecule is Cc1ccc(C(C)Nc2nccnc2N)o1. The molecule has 0 amide bonds. The van der Waals surface area contributed by atoms with E-state index in [4.69, 9.17) is 10.2 Å². The van der Waals surface area contributed by atoms with Crippen LogP contribution in [0.2, 0.25) is 0 Å². The number of hydrogen-bond acceptors (Lipinski definition) is 5. The summed E-state index contributed by atoms with van der Waals surface area (Å²) in [7, 11) is 0. The third-order valence-electron chi connectivity index (χ3n) is 2.27. The van der Waals surface area contributed by atoms with E-state index < -0.39 is 0 Å². The third kappa shape index (κ3) is 2.13. The van der Waals surface area contributed by atoms with Crippen molar-refractivity contribution in [1.82, 2.24) is 9.97 Å². The van der Waals surface area contributed by atoms with Crippen LogP contribution >= 0.6 is 0 Å². The molecular weight excluding hydrogens is 204 g/mol. The zero-order valence-corrected chi connectivity index (χ0v) is 9.27. The fourth-order valence-corrected chi connectivity index (χ4v) is 1.42. The van der Waals surface area contributed by atoms with Crippen molar-refractivity contribution in [2.75, 3.05) is 11.1 Å². The van der Waals surface area contributed by atoms with Gasteiger partial charge in [-0.05, 0) is 26.0 Å². The van der Waals surface area contributed by atoms with Crippen LogP contribution in [0.1, 0.15) is 24.5 Å². The molecular formula is C11H14N4O. The van der Waals surface area contributed by atoms with E-state index in [9.17, 15) is 0 Å². The summed E-state index contributed by atoms with van der Waals surface area (Å²) in [5, 5.41) is 3.15. The summed E-state index contributed by atoms with van der Waals surface area (Å²) < 4.78 is 5.51. The molecule has 0 aliphatic rings. The lowest BCUT2D eigenvalue weighted by atomic mass is 10.2. The largest absolute Gasteiger partial charge is 0.464 e. The van der Waals surface area contributed by atoms with Gasteiger partial charge in [-0.25, -0.2) is 9.97 Å². The van der Waals surface area contributed by atoms with Crippen LogP contribution in [-0.2, 0) is 0 Å². The maximum Gasteiger partial charge on any atom is 0.169 e. The predicted octanol–water partition coefficient (Wildman–Crippen LogP) is 2.13. The van der Waals surface area contributed by atoms with Gasteiger partial charge in [-0.3, -0.25) is 0 Å². The molecule has 0 spiro atoms. The van der Waals surface area contributed by atoms with Crippen LogP contribution in [0, 0.1) is 6.92 Å². The molecule has 1 unspecified atom stereocenters. The monoisotopic (exact) mass is 218 g/mol. The first-order valence-electron chi connectivity index (χ1n) is 5.06. The zero-order chi connectivity index (χ0) is 11.5. The van der Waals surface area contributed by atoms with E-state index in [1.165, 1.54) is 0 Å². The molecule has 84 valence electrons. The molecule has 2 aromatic heterocycles. The Kier molecular flexibility index (Phi) is 2.76. The fourth-order valence-electron chi connectivity index (χ4n) is 1.42. The molecule has 16 heavy (non-hydrogen) atoms. The Labute approximate surface area is 93.7 Å². The summed E-state index contributed by atoms with van der Waals surface area (Å²) in [5.74, 6) is 2.69. The van der Waals surface area contributed by atoms with Gasteiger partial charge in [-0.15, -0.1) is 0 Å². The van der Waals surface area contributed by atoms with E-state index in [0.29, 0.717) is 11.6 Å². The maximum atomic E-state index is 5.69. The lowest BCUT2D eigenvalue weighted by Crippen LogP contribution is -2.09. The van der Waals surface area contributed by atoms with E-state index in [-0.39, 0.29) is 6.04 Å². The van der Waals surface area contributed by atoms with E-state index >= 15 is 0 Å². The molecule has 0 fully saturated rings. The summed E-state index contributed by atoms with van der Waals surface area (Å²) in [4.78, 5) is 8.06. The topological polar surface area (TPSA) is 77.0 Å². The highest BCUT2D eigenvalue weighted by Gasteiger charge is 2.11. The Morgan fingerprint density at radius 2 is 2.06 bits per heavy atom. The highest BCUT2D eigenvalue weighted by molar-refractivity contribution is 5.55. The fraction of sp³-hybridized carbons (Fsp3) is 0.273. The Bertz CT molecular complexity index is 480. The Balaban J connectivity index is 2.13. The van der Waals surface area contributed by atoms with E-state index in [1.807, 2.05) is 26.0 Å². The van der Waals surface area contributed by atoms with Crippen molar-refractivity contribution in [3.05, 3.63) is 36.0 Å². The van der Waals surface area contributed by atoms with Crippen molar-refractivity contribution in [1.29, 1.82) is 0 Å². The molecule has 0 saturated heterocycles. The minimum Gasteiger partial charge on any atom is -0.464 e. The summed E-state index contributed by atoms with van der Waals surface area (Å²) in [6.07, 6.45) is 3.15.